The number of nitrogens with zero attached hydrogens (tertiary/aromatic N) is 2. The average molecular weight is 409 g/mol. The van der Waals surface area contributed by atoms with Crippen LogP contribution >= 0.6 is 11.6 Å². The lowest BCUT2D eigenvalue weighted by molar-refractivity contribution is 0.601. The minimum atomic E-state index is -3.35. The Morgan fingerprint density at radius 3 is 2.56 bits per heavy atom. The number of imidazole rings is 1. The molecule has 0 atom stereocenters. The molecule has 3 aromatic rings. The number of pyridine rings is 1. The van der Waals surface area contributed by atoms with Crippen molar-refractivity contribution in [1.29, 1.82) is 0 Å². The molecule has 0 bridgehead atoms. The van der Waals surface area contributed by atoms with E-state index in [9.17, 15) is 13.2 Å². The summed E-state index contributed by atoms with van der Waals surface area (Å²) >= 11 is 6.42. The molecule has 1 aromatic carbocycles. The Balaban J connectivity index is 2.10. The summed E-state index contributed by atoms with van der Waals surface area (Å²) in [5.74, 6) is 0. The number of hydrogen-bond donors (Lipinski definition) is 2. The highest BCUT2D eigenvalue weighted by Crippen LogP contribution is 2.34. The number of fused-ring (bicyclic) bond motifs is 1. The summed E-state index contributed by atoms with van der Waals surface area (Å²) in [6.45, 7) is 2.68. The van der Waals surface area contributed by atoms with Gasteiger partial charge >= 0.3 is 5.69 Å². The second-order valence-electron chi connectivity index (χ2n) is 6.42. The number of benzene rings is 1. The highest BCUT2D eigenvalue weighted by atomic mass is 35.5. The van der Waals surface area contributed by atoms with Gasteiger partial charge in [-0.1, -0.05) is 43.5 Å². The van der Waals surface area contributed by atoms with Gasteiger partial charge in [-0.2, -0.15) is 0 Å². The standard InChI is InChI=1S/C18H21ClN4O3S/c1-3-4-5-10-23-16-15(14(19)11-20-17(16)21-18(23)24)12-6-8-13(9-7-12)22-27(2,25)26/h6-9,11,22H,3-5,10H2,1-2H3,(H,20,21,24). The molecular weight excluding hydrogens is 388 g/mol. The van der Waals surface area contributed by atoms with E-state index in [1.807, 2.05) is 0 Å². The number of aromatic nitrogens is 3. The van der Waals surface area contributed by atoms with Gasteiger partial charge in [0.1, 0.15) is 0 Å². The Kier molecular flexibility index (Phi) is 5.57. The summed E-state index contributed by atoms with van der Waals surface area (Å²) in [6, 6.07) is 6.85. The molecule has 2 N–H and O–H groups in total. The predicted octanol–water partition coefficient (Wildman–Crippen LogP) is 3.61. The van der Waals surface area contributed by atoms with Crippen LogP contribution in [0.15, 0.2) is 35.3 Å². The number of unbranched alkanes of at least 4 members (excludes halogenated alkanes) is 2. The molecule has 7 nitrogen and oxygen atoms in total. The van der Waals surface area contributed by atoms with E-state index in [0.29, 0.717) is 34.0 Å². The van der Waals surface area contributed by atoms with Crippen LogP contribution in [0.1, 0.15) is 26.2 Å². The molecule has 0 aliphatic carbocycles. The summed E-state index contributed by atoms with van der Waals surface area (Å²) in [7, 11) is -3.35. The molecule has 2 aromatic heterocycles. The van der Waals surface area contributed by atoms with Gasteiger partial charge in [0.15, 0.2) is 5.65 Å². The number of sulfonamides is 1. The average Bonchev–Trinajstić information content (AvgIpc) is 2.91. The molecule has 0 amide bonds. The van der Waals surface area contributed by atoms with E-state index in [1.165, 1.54) is 6.20 Å². The Morgan fingerprint density at radius 1 is 1.22 bits per heavy atom. The Bertz CT molecular complexity index is 1120. The van der Waals surface area contributed by atoms with Crippen molar-refractivity contribution in [2.45, 2.75) is 32.7 Å². The van der Waals surface area contributed by atoms with Crippen LogP contribution < -0.4 is 10.4 Å². The van der Waals surface area contributed by atoms with Crippen molar-refractivity contribution in [2.24, 2.45) is 0 Å². The molecule has 0 saturated heterocycles. The molecule has 27 heavy (non-hydrogen) atoms. The molecule has 0 spiro atoms. The van der Waals surface area contributed by atoms with E-state index in [2.05, 4.69) is 21.6 Å². The first kappa shape index (κ1) is 19.4. The summed E-state index contributed by atoms with van der Waals surface area (Å²) in [5.41, 5.74) is 2.85. The number of hydrogen-bond acceptors (Lipinski definition) is 4. The largest absolute Gasteiger partial charge is 0.327 e. The van der Waals surface area contributed by atoms with E-state index >= 15 is 0 Å². The maximum atomic E-state index is 12.4. The van der Waals surface area contributed by atoms with E-state index in [0.717, 1.165) is 31.1 Å². The number of nitrogens with one attached hydrogen (secondary N) is 2. The minimum absolute atomic E-state index is 0.215. The predicted molar refractivity (Wildman–Crippen MR) is 109 cm³/mol. The van der Waals surface area contributed by atoms with Gasteiger partial charge in [-0.3, -0.25) is 14.3 Å². The molecular formula is C18H21ClN4O3S. The van der Waals surface area contributed by atoms with E-state index in [-0.39, 0.29) is 5.69 Å². The van der Waals surface area contributed by atoms with Crippen LogP contribution in [0.5, 0.6) is 0 Å². The van der Waals surface area contributed by atoms with Crippen LogP contribution in [0.3, 0.4) is 0 Å². The van der Waals surface area contributed by atoms with Crippen molar-refractivity contribution < 1.29 is 8.42 Å². The van der Waals surface area contributed by atoms with Crippen molar-refractivity contribution in [3.8, 4) is 11.1 Å². The van der Waals surface area contributed by atoms with Gasteiger partial charge in [0.25, 0.3) is 0 Å². The Labute approximate surface area is 162 Å². The normalized spacial score (nSPS) is 11.8. The quantitative estimate of drug-likeness (QED) is 0.583. The number of aryl methyl sites for hydroxylation is 1. The third-order valence-electron chi connectivity index (χ3n) is 4.21. The number of rotatable bonds is 7. The maximum Gasteiger partial charge on any atom is 0.327 e. The van der Waals surface area contributed by atoms with Gasteiger partial charge in [-0.05, 0) is 24.1 Å². The molecule has 0 aliphatic rings. The van der Waals surface area contributed by atoms with Crippen LogP contribution in [0, 0.1) is 0 Å². The van der Waals surface area contributed by atoms with Crippen molar-refractivity contribution in [3.63, 3.8) is 0 Å². The highest BCUT2D eigenvalue weighted by Gasteiger charge is 2.17. The molecule has 0 unspecified atom stereocenters. The molecule has 9 heteroatoms. The first-order valence-corrected chi connectivity index (χ1v) is 10.9. The van der Waals surface area contributed by atoms with Gasteiger partial charge in [0.2, 0.25) is 10.0 Å². The highest BCUT2D eigenvalue weighted by molar-refractivity contribution is 7.92. The summed E-state index contributed by atoms with van der Waals surface area (Å²) in [5, 5.41) is 0.426. The lowest BCUT2D eigenvalue weighted by Crippen LogP contribution is -2.17. The van der Waals surface area contributed by atoms with Gasteiger partial charge in [-0.15, -0.1) is 0 Å². The first-order chi connectivity index (χ1) is 12.8. The number of halogens is 1. The maximum absolute atomic E-state index is 12.4. The zero-order chi connectivity index (χ0) is 19.6. The van der Waals surface area contributed by atoms with Crippen LogP contribution in [0.4, 0.5) is 5.69 Å². The van der Waals surface area contributed by atoms with E-state index < -0.39 is 10.0 Å². The molecule has 0 saturated carbocycles. The fraction of sp³-hybridized carbons (Fsp3) is 0.333. The Morgan fingerprint density at radius 2 is 1.93 bits per heavy atom. The number of aromatic amines is 1. The van der Waals surface area contributed by atoms with Crippen molar-refractivity contribution >= 4 is 38.5 Å². The lowest BCUT2D eigenvalue weighted by atomic mass is 10.1. The van der Waals surface area contributed by atoms with Crippen molar-refractivity contribution in [3.05, 3.63) is 46.0 Å². The summed E-state index contributed by atoms with van der Waals surface area (Å²) < 4.78 is 26.8. The van der Waals surface area contributed by atoms with Gasteiger partial charge in [0.05, 0.1) is 16.8 Å². The first-order valence-electron chi connectivity index (χ1n) is 8.65. The van der Waals surface area contributed by atoms with Gasteiger partial charge in [0, 0.05) is 24.0 Å². The number of anilines is 1. The fourth-order valence-corrected chi connectivity index (χ4v) is 3.84. The monoisotopic (exact) mass is 408 g/mol. The zero-order valence-electron chi connectivity index (χ0n) is 15.1. The third-order valence-corrected chi connectivity index (χ3v) is 5.10. The van der Waals surface area contributed by atoms with Crippen LogP contribution in [0.2, 0.25) is 5.02 Å². The molecule has 0 radical (unpaired) electrons. The minimum Gasteiger partial charge on any atom is -0.290 e. The third kappa shape index (κ3) is 4.33. The Hall–Kier alpha value is -2.32. The van der Waals surface area contributed by atoms with Crippen LogP contribution in [-0.2, 0) is 16.6 Å². The van der Waals surface area contributed by atoms with Gasteiger partial charge in [-0.25, -0.2) is 18.2 Å². The molecule has 144 valence electrons. The van der Waals surface area contributed by atoms with E-state index in [4.69, 9.17) is 11.6 Å². The summed E-state index contributed by atoms with van der Waals surface area (Å²) in [4.78, 5) is 19.4. The van der Waals surface area contributed by atoms with Crippen molar-refractivity contribution in [2.75, 3.05) is 11.0 Å². The fourth-order valence-electron chi connectivity index (χ4n) is 3.03. The lowest BCUT2D eigenvalue weighted by Gasteiger charge is -2.11. The van der Waals surface area contributed by atoms with Gasteiger partial charge < -0.3 is 0 Å². The molecule has 3 rings (SSSR count). The SMILES string of the molecule is CCCCCn1c(=O)[nH]c2ncc(Cl)c(-c3ccc(NS(C)(=O)=O)cc3)c21. The van der Waals surface area contributed by atoms with Crippen LogP contribution in [0.25, 0.3) is 22.3 Å². The number of H-pyrrole nitrogens is 1. The second-order valence-corrected chi connectivity index (χ2v) is 8.57. The molecule has 0 fully saturated rings. The zero-order valence-corrected chi connectivity index (χ0v) is 16.7. The smallest absolute Gasteiger partial charge is 0.290 e. The topological polar surface area (TPSA) is 96.8 Å². The second kappa shape index (κ2) is 7.74. The summed E-state index contributed by atoms with van der Waals surface area (Å²) in [6.07, 6.45) is 5.56. The van der Waals surface area contributed by atoms with Crippen LogP contribution in [-0.4, -0.2) is 29.2 Å². The molecule has 2 heterocycles. The van der Waals surface area contributed by atoms with E-state index in [1.54, 1.807) is 28.8 Å². The molecule has 0 aliphatic heterocycles. The van der Waals surface area contributed by atoms with Crippen molar-refractivity contribution in [1.82, 2.24) is 14.5 Å².